The lowest BCUT2D eigenvalue weighted by Crippen LogP contribution is -2.44. The summed E-state index contributed by atoms with van der Waals surface area (Å²) in [6, 6.07) is 13.3. The van der Waals surface area contributed by atoms with Crippen LogP contribution in [0.3, 0.4) is 0 Å². The molecule has 2 aromatic rings. The van der Waals surface area contributed by atoms with Crippen molar-refractivity contribution in [2.75, 3.05) is 43.4 Å². The van der Waals surface area contributed by atoms with Gasteiger partial charge in [0.1, 0.15) is 5.82 Å². The molecule has 1 saturated heterocycles. The monoisotopic (exact) mass is 350 g/mol. The number of pyridine rings is 1. The molecule has 138 valence electrons. The van der Waals surface area contributed by atoms with Crippen molar-refractivity contribution in [2.24, 2.45) is 0 Å². The number of aryl methyl sites for hydroxylation is 1. The molecule has 1 N–H and O–H groups in total. The zero-order valence-corrected chi connectivity index (χ0v) is 16.0. The first-order chi connectivity index (χ1) is 12.7. The zero-order valence-electron chi connectivity index (χ0n) is 16.0. The van der Waals surface area contributed by atoms with E-state index in [1.54, 1.807) is 0 Å². The van der Waals surface area contributed by atoms with Crippen molar-refractivity contribution in [1.82, 2.24) is 9.88 Å². The number of piperazine rings is 1. The van der Waals surface area contributed by atoms with Gasteiger partial charge in [0.2, 0.25) is 0 Å². The summed E-state index contributed by atoms with van der Waals surface area (Å²) in [6.45, 7) is 7.33. The molecule has 0 spiro atoms. The van der Waals surface area contributed by atoms with E-state index in [2.05, 4.69) is 65.5 Å². The lowest BCUT2D eigenvalue weighted by molar-refractivity contribution is 0.312. The highest BCUT2D eigenvalue weighted by Gasteiger charge is 2.21. The fourth-order valence-electron chi connectivity index (χ4n) is 3.95. The number of hydrogen-bond acceptors (Lipinski definition) is 4. The molecule has 26 heavy (non-hydrogen) atoms. The maximum absolute atomic E-state index is 4.86. The average Bonchev–Trinajstić information content (AvgIpc) is 2.61. The van der Waals surface area contributed by atoms with Crippen LogP contribution in [0.1, 0.15) is 42.0 Å². The molecule has 2 fully saturated rings. The van der Waals surface area contributed by atoms with Gasteiger partial charge in [-0.3, -0.25) is 0 Å². The maximum Gasteiger partial charge on any atom is 0.129 e. The van der Waals surface area contributed by atoms with Crippen molar-refractivity contribution < 1.29 is 0 Å². The fourth-order valence-corrected chi connectivity index (χ4v) is 3.95. The lowest BCUT2D eigenvalue weighted by Gasteiger charge is -2.33. The largest absolute Gasteiger partial charge is 0.379 e. The number of likely N-dealkylation sites (N-methyl/N-ethyl adjacent to an activating group) is 1. The van der Waals surface area contributed by atoms with Crippen molar-refractivity contribution in [3.05, 3.63) is 53.2 Å². The van der Waals surface area contributed by atoms with E-state index >= 15 is 0 Å². The first-order valence-corrected chi connectivity index (χ1v) is 9.93. The predicted octanol–water partition coefficient (Wildman–Crippen LogP) is 4.02. The normalized spacial score (nSPS) is 18.6. The second-order valence-corrected chi connectivity index (χ2v) is 7.77. The first-order valence-electron chi connectivity index (χ1n) is 9.93. The van der Waals surface area contributed by atoms with Gasteiger partial charge in [0.15, 0.2) is 0 Å². The quantitative estimate of drug-likeness (QED) is 0.882. The summed E-state index contributed by atoms with van der Waals surface area (Å²) >= 11 is 0. The second-order valence-electron chi connectivity index (χ2n) is 7.77. The van der Waals surface area contributed by atoms with E-state index in [9.17, 15) is 0 Å². The lowest BCUT2D eigenvalue weighted by atomic mass is 9.78. The summed E-state index contributed by atoms with van der Waals surface area (Å²) in [7, 11) is 2.19. The molecule has 1 aliphatic carbocycles. The van der Waals surface area contributed by atoms with Crippen molar-refractivity contribution in [3.8, 4) is 0 Å². The third-order valence-electron chi connectivity index (χ3n) is 5.97. The molecule has 1 aromatic carbocycles. The maximum atomic E-state index is 4.86. The molecule has 1 aliphatic heterocycles. The predicted molar refractivity (Wildman–Crippen MR) is 109 cm³/mol. The van der Waals surface area contributed by atoms with Crippen molar-refractivity contribution >= 4 is 11.5 Å². The molecule has 1 saturated carbocycles. The summed E-state index contributed by atoms with van der Waals surface area (Å²) in [5.74, 6) is 1.88. The van der Waals surface area contributed by atoms with Gasteiger partial charge < -0.3 is 15.1 Å². The molecular weight excluding hydrogens is 320 g/mol. The van der Waals surface area contributed by atoms with Crippen LogP contribution in [0, 0.1) is 6.92 Å². The van der Waals surface area contributed by atoms with Gasteiger partial charge in [-0.15, -0.1) is 0 Å². The van der Waals surface area contributed by atoms with Gasteiger partial charge in [0, 0.05) is 32.7 Å². The zero-order chi connectivity index (χ0) is 17.9. The molecule has 0 amide bonds. The molecule has 4 nitrogen and oxygen atoms in total. The van der Waals surface area contributed by atoms with Crippen molar-refractivity contribution in [2.45, 2.75) is 38.6 Å². The summed E-state index contributed by atoms with van der Waals surface area (Å²) in [5.41, 5.74) is 5.19. The van der Waals surface area contributed by atoms with Crippen molar-refractivity contribution in [3.63, 3.8) is 0 Å². The van der Waals surface area contributed by atoms with Crippen LogP contribution in [0.15, 0.2) is 36.4 Å². The first kappa shape index (κ1) is 17.3. The van der Waals surface area contributed by atoms with Crippen LogP contribution in [0.25, 0.3) is 0 Å². The van der Waals surface area contributed by atoms with Gasteiger partial charge in [-0.05, 0) is 56.0 Å². The van der Waals surface area contributed by atoms with E-state index in [-0.39, 0.29) is 0 Å². The molecule has 2 aliphatic rings. The molecule has 4 heteroatoms. The van der Waals surface area contributed by atoms with E-state index in [0.717, 1.165) is 55.8 Å². The summed E-state index contributed by atoms with van der Waals surface area (Å²) in [4.78, 5) is 9.63. The van der Waals surface area contributed by atoms with Crippen LogP contribution in [0.5, 0.6) is 0 Å². The Kier molecular flexibility index (Phi) is 5.11. The van der Waals surface area contributed by atoms with E-state index in [1.165, 1.54) is 30.4 Å². The molecule has 0 unspecified atom stereocenters. The summed E-state index contributed by atoms with van der Waals surface area (Å²) in [5, 5.41) is 3.62. The van der Waals surface area contributed by atoms with Gasteiger partial charge in [-0.1, -0.05) is 30.7 Å². The van der Waals surface area contributed by atoms with Gasteiger partial charge >= 0.3 is 0 Å². The number of hydrogen-bond donors (Lipinski definition) is 1. The molecule has 2 heterocycles. The Balaban J connectivity index is 1.43. The van der Waals surface area contributed by atoms with Gasteiger partial charge in [-0.2, -0.15) is 0 Å². The molecule has 0 atom stereocenters. The number of rotatable bonds is 5. The highest BCUT2D eigenvalue weighted by atomic mass is 15.3. The van der Waals surface area contributed by atoms with E-state index in [4.69, 9.17) is 4.98 Å². The summed E-state index contributed by atoms with van der Waals surface area (Å²) < 4.78 is 0. The van der Waals surface area contributed by atoms with E-state index in [0.29, 0.717) is 0 Å². The van der Waals surface area contributed by atoms with Gasteiger partial charge in [0.05, 0.1) is 11.4 Å². The van der Waals surface area contributed by atoms with E-state index in [1.807, 2.05) is 0 Å². The Morgan fingerprint density at radius 3 is 2.50 bits per heavy atom. The Bertz CT molecular complexity index is 746. The second kappa shape index (κ2) is 7.67. The minimum absolute atomic E-state index is 0.770. The van der Waals surface area contributed by atoms with Gasteiger partial charge in [-0.25, -0.2) is 4.98 Å². The summed E-state index contributed by atoms with van der Waals surface area (Å²) in [6.07, 6.45) is 4.07. The smallest absolute Gasteiger partial charge is 0.129 e. The highest BCUT2D eigenvalue weighted by Crippen LogP contribution is 2.38. The van der Waals surface area contributed by atoms with Crippen LogP contribution in [0.4, 0.5) is 11.5 Å². The average molecular weight is 351 g/mol. The number of anilines is 2. The highest BCUT2D eigenvalue weighted by molar-refractivity contribution is 5.54. The SMILES string of the molecule is Cc1nc(N2CCN(C)CC2)ccc1NCc1ccccc1C1CCC1. The number of benzene rings is 1. The molecular formula is C22H30N4. The third-order valence-corrected chi connectivity index (χ3v) is 5.97. The number of aromatic nitrogens is 1. The number of nitrogens with one attached hydrogen (secondary N) is 1. The van der Waals surface area contributed by atoms with Crippen LogP contribution >= 0.6 is 0 Å². The minimum atomic E-state index is 0.770. The van der Waals surface area contributed by atoms with Crippen LogP contribution in [-0.4, -0.2) is 43.1 Å². The third kappa shape index (κ3) is 3.70. The minimum Gasteiger partial charge on any atom is -0.379 e. The van der Waals surface area contributed by atoms with Crippen LogP contribution in [-0.2, 0) is 6.54 Å². The van der Waals surface area contributed by atoms with E-state index < -0.39 is 0 Å². The Morgan fingerprint density at radius 2 is 1.81 bits per heavy atom. The topological polar surface area (TPSA) is 31.4 Å². The standard InChI is InChI=1S/C22H30N4/c1-17-21(10-11-22(24-17)26-14-12-25(2)13-15-26)23-16-19-6-3-4-9-20(19)18-7-5-8-18/h3-4,6,9-11,18,23H,5,7-8,12-16H2,1-2H3. The Hall–Kier alpha value is -2.07. The molecule has 4 rings (SSSR count). The molecule has 1 aromatic heterocycles. The Labute approximate surface area is 157 Å². The number of nitrogens with zero attached hydrogens (tertiary/aromatic N) is 3. The molecule has 0 radical (unpaired) electrons. The molecule has 0 bridgehead atoms. The van der Waals surface area contributed by atoms with Crippen molar-refractivity contribution in [1.29, 1.82) is 0 Å². The van der Waals surface area contributed by atoms with Crippen LogP contribution < -0.4 is 10.2 Å². The van der Waals surface area contributed by atoms with Crippen LogP contribution in [0.2, 0.25) is 0 Å². The fraction of sp³-hybridized carbons (Fsp3) is 0.500. The van der Waals surface area contributed by atoms with Gasteiger partial charge in [0.25, 0.3) is 0 Å². The Morgan fingerprint density at radius 1 is 1.04 bits per heavy atom.